The van der Waals surface area contributed by atoms with E-state index in [2.05, 4.69) is 36.8 Å². The fourth-order valence-corrected chi connectivity index (χ4v) is 2.87. The van der Waals surface area contributed by atoms with Crippen molar-refractivity contribution in [2.75, 3.05) is 0 Å². The summed E-state index contributed by atoms with van der Waals surface area (Å²) in [4.78, 5) is 15.7. The van der Waals surface area contributed by atoms with Gasteiger partial charge in [0, 0.05) is 37.2 Å². The average Bonchev–Trinajstić information content (AvgIpc) is 2.84. The van der Waals surface area contributed by atoms with Gasteiger partial charge in [-0.1, -0.05) is 33.6 Å². The number of aromatic nitrogens is 1. The van der Waals surface area contributed by atoms with Gasteiger partial charge in [0.05, 0.1) is 5.02 Å². The zero-order chi connectivity index (χ0) is 14.3. The van der Waals surface area contributed by atoms with E-state index in [1.807, 2.05) is 18.2 Å². The van der Waals surface area contributed by atoms with Gasteiger partial charge in [-0.2, -0.15) is 0 Å². The monoisotopic (exact) mass is 411 g/mol. The van der Waals surface area contributed by atoms with Crippen LogP contribution in [0.15, 0.2) is 51.5 Å². The molecule has 5 heteroatoms. The molecular formula is C15H8Br2ClNO. The Kier molecular flexibility index (Phi) is 3.71. The molecule has 3 aromatic rings. The molecule has 0 saturated heterocycles. The molecule has 3 rings (SSSR count). The Bertz CT molecular complexity index is 826. The van der Waals surface area contributed by atoms with Crippen molar-refractivity contribution in [2.24, 2.45) is 0 Å². The van der Waals surface area contributed by atoms with Crippen molar-refractivity contribution < 1.29 is 4.79 Å². The molecule has 0 radical (unpaired) electrons. The molecule has 100 valence electrons. The first kappa shape index (κ1) is 13.9. The maximum atomic E-state index is 12.6. The van der Waals surface area contributed by atoms with Gasteiger partial charge in [-0.3, -0.25) is 4.79 Å². The molecule has 0 bridgehead atoms. The van der Waals surface area contributed by atoms with E-state index in [9.17, 15) is 4.79 Å². The molecule has 0 aliphatic carbocycles. The quantitative estimate of drug-likeness (QED) is 0.547. The number of H-pyrrole nitrogens is 1. The molecule has 0 atom stereocenters. The predicted octanol–water partition coefficient (Wildman–Crippen LogP) is 5.58. The van der Waals surface area contributed by atoms with Crippen LogP contribution in [0.25, 0.3) is 10.9 Å². The molecule has 1 N–H and O–H groups in total. The minimum absolute atomic E-state index is 0.0482. The fourth-order valence-electron chi connectivity index (χ4n) is 2.08. The third-order valence-corrected chi connectivity index (χ3v) is 4.80. The molecule has 0 saturated carbocycles. The van der Waals surface area contributed by atoms with Crippen molar-refractivity contribution in [1.82, 2.24) is 4.98 Å². The summed E-state index contributed by atoms with van der Waals surface area (Å²) < 4.78 is 1.75. The van der Waals surface area contributed by atoms with Gasteiger partial charge in [-0.05, 0) is 46.3 Å². The largest absolute Gasteiger partial charge is 0.360 e. The lowest BCUT2D eigenvalue weighted by molar-refractivity contribution is 0.104. The van der Waals surface area contributed by atoms with E-state index in [-0.39, 0.29) is 5.78 Å². The van der Waals surface area contributed by atoms with Crippen molar-refractivity contribution in [3.8, 4) is 0 Å². The smallest absolute Gasteiger partial charge is 0.195 e. The zero-order valence-corrected chi connectivity index (χ0v) is 14.0. The van der Waals surface area contributed by atoms with Crippen LogP contribution in [0.5, 0.6) is 0 Å². The lowest BCUT2D eigenvalue weighted by Crippen LogP contribution is -2.00. The highest BCUT2D eigenvalue weighted by molar-refractivity contribution is 9.10. The molecule has 1 aromatic heterocycles. The summed E-state index contributed by atoms with van der Waals surface area (Å²) in [5, 5.41) is 1.43. The van der Waals surface area contributed by atoms with E-state index in [0.29, 0.717) is 16.1 Å². The first-order valence-corrected chi connectivity index (χ1v) is 7.79. The predicted molar refractivity (Wildman–Crippen MR) is 88.6 cm³/mol. The Morgan fingerprint density at radius 2 is 1.90 bits per heavy atom. The molecule has 0 fully saturated rings. The lowest BCUT2D eigenvalue weighted by atomic mass is 10.0. The van der Waals surface area contributed by atoms with Crippen molar-refractivity contribution in [2.45, 2.75) is 0 Å². The number of carbonyl (C=O) groups excluding carboxylic acids is 1. The molecule has 0 aliphatic rings. The maximum absolute atomic E-state index is 12.6. The number of fused-ring (bicyclic) bond motifs is 1. The van der Waals surface area contributed by atoms with Gasteiger partial charge < -0.3 is 4.98 Å². The summed E-state index contributed by atoms with van der Waals surface area (Å²) in [6.45, 7) is 0. The Labute approximate surface area is 137 Å². The first-order chi connectivity index (χ1) is 9.56. The molecule has 20 heavy (non-hydrogen) atoms. The summed E-state index contributed by atoms with van der Waals surface area (Å²) in [7, 11) is 0. The highest BCUT2D eigenvalue weighted by Crippen LogP contribution is 2.27. The van der Waals surface area contributed by atoms with Gasteiger partial charge in [-0.15, -0.1) is 0 Å². The van der Waals surface area contributed by atoms with E-state index < -0.39 is 0 Å². The number of benzene rings is 2. The molecular weight excluding hydrogens is 405 g/mol. The van der Waals surface area contributed by atoms with Crippen molar-refractivity contribution in [3.05, 3.63) is 67.7 Å². The van der Waals surface area contributed by atoms with Crippen LogP contribution >= 0.6 is 43.5 Å². The Balaban J connectivity index is 2.10. The minimum atomic E-state index is -0.0482. The van der Waals surface area contributed by atoms with Crippen LogP contribution in [-0.4, -0.2) is 10.8 Å². The molecule has 1 heterocycles. The second kappa shape index (κ2) is 5.35. The van der Waals surface area contributed by atoms with Crippen LogP contribution in [0.2, 0.25) is 5.02 Å². The summed E-state index contributed by atoms with van der Waals surface area (Å²) in [5.74, 6) is -0.0482. The third-order valence-electron chi connectivity index (χ3n) is 3.07. The molecule has 0 unspecified atom stereocenters. The van der Waals surface area contributed by atoms with Crippen LogP contribution in [0.3, 0.4) is 0 Å². The SMILES string of the molecule is O=C(c1ccc(Br)c(Cl)c1)c1c[nH]c2cc(Br)ccc12. The maximum Gasteiger partial charge on any atom is 0.195 e. The van der Waals surface area contributed by atoms with Gasteiger partial charge in [0.2, 0.25) is 0 Å². The number of nitrogens with one attached hydrogen (secondary N) is 1. The molecule has 2 nitrogen and oxygen atoms in total. The summed E-state index contributed by atoms with van der Waals surface area (Å²) in [6.07, 6.45) is 1.73. The molecule has 0 amide bonds. The highest BCUT2D eigenvalue weighted by atomic mass is 79.9. The second-order valence-electron chi connectivity index (χ2n) is 4.35. The van der Waals surface area contributed by atoms with Crippen LogP contribution < -0.4 is 0 Å². The number of halogens is 3. The zero-order valence-electron chi connectivity index (χ0n) is 10.1. The summed E-state index contributed by atoms with van der Waals surface area (Å²) in [6, 6.07) is 11.0. The number of hydrogen-bond acceptors (Lipinski definition) is 1. The lowest BCUT2D eigenvalue weighted by Gasteiger charge is -2.02. The number of ketones is 1. The van der Waals surface area contributed by atoms with Gasteiger partial charge >= 0.3 is 0 Å². The van der Waals surface area contributed by atoms with Crippen LogP contribution in [0.1, 0.15) is 15.9 Å². The first-order valence-electron chi connectivity index (χ1n) is 5.82. The third kappa shape index (κ3) is 2.43. The number of carbonyl (C=O) groups is 1. The van der Waals surface area contributed by atoms with E-state index in [4.69, 9.17) is 11.6 Å². The average molecular weight is 413 g/mol. The Morgan fingerprint density at radius 3 is 2.65 bits per heavy atom. The van der Waals surface area contributed by atoms with Crippen molar-refractivity contribution in [1.29, 1.82) is 0 Å². The van der Waals surface area contributed by atoms with Gasteiger partial charge in [-0.25, -0.2) is 0 Å². The van der Waals surface area contributed by atoms with Gasteiger partial charge in [0.1, 0.15) is 0 Å². The van der Waals surface area contributed by atoms with Crippen LogP contribution in [0.4, 0.5) is 0 Å². The Morgan fingerprint density at radius 1 is 1.10 bits per heavy atom. The standard InChI is InChI=1S/C15H8Br2ClNO/c16-9-2-3-10-11(7-19-14(10)6-9)15(20)8-1-4-12(17)13(18)5-8/h1-7,19H. The number of aromatic amines is 1. The van der Waals surface area contributed by atoms with E-state index in [1.54, 1.807) is 24.4 Å². The van der Waals surface area contributed by atoms with Crippen molar-refractivity contribution >= 4 is 60.1 Å². The van der Waals surface area contributed by atoms with Crippen LogP contribution in [-0.2, 0) is 0 Å². The molecule has 2 aromatic carbocycles. The van der Waals surface area contributed by atoms with E-state index in [1.165, 1.54) is 0 Å². The van der Waals surface area contributed by atoms with Crippen LogP contribution in [0, 0.1) is 0 Å². The summed E-state index contributed by atoms with van der Waals surface area (Å²) >= 11 is 12.8. The fraction of sp³-hybridized carbons (Fsp3) is 0. The second-order valence-corrected chi connectivity index (χ2v) is 6.53. The minimum Gasteiger partial charge on any atom is -0.360 e. The number of hydrogen-bond donors (Lipinski definition) is 1. The number of rotatable bonds is 2. The molecule has 0 aliphatic heterocycles. The normalized spacial score (nSPS) is 10.9. The Hall–Kier alpha value is -1.10. The van der Waals surface area contributed by atoms with E-state index >= 15 is 0 Å². The van der Waals surface area contributed by atoms with Gasteiger partial charge in [0.15, 0.2) is 5.78 Å². The highest BCUT2D eigenvalue weighted by Gasteiger charge is 2.15. The van der Waals surface area contributed by atoms with E-state index in [0.717, 1.165) is 19.8 Å². The topological polar surface area (TPSA) is 32.9 Å². The van der Waals surface area contributed by atoms with Crippen molar-refractivity contribution in [3.63, 3.8) is 0 Å². The molecule has 0 spiro atoms. The van der Waals surface area contributed by atoms with Gasteiger partial charge in [0.25, 0.3) is 0 Å². The summed E-state index contributed by atoms with van der Waals surface area (Å²) in [5.41, 5.74) is 2.14.